The molecule has 0 unspecified atom stereocenters. The molecule has 0 aliphatic carbocycles. The topological polar surface area (TPSA) is 42.4 Å². The maximum absolute atomic E-state index is 10.6. The summed E-state index contributed by atoms with van der Waals surface area (Å²) in [7, 11) is 0. The normalized spacial score (nSPS) is 23.3. The summed E-state index contributed by atoms with van der Waals surface area (Å²) in [5, 5.41) is 10.6. The standard InChI is InChI=1S/C17H18BrNO2/c1-10-8-12(6-7-19-10)11-4-5-14-13(9-11)15(20)16(18)17(2,3)21-14/h4-9,15-16,20H,1-3H3/t15-,16+/m0/s1. The molecule has 2 atom stereocenters. The van der Waals surface area contributed by atoms with Gasteiger partial charge in [0.2, 0.25) is 0 Å². The zero-order chi connectivity index (χ0) is 15.2. The van der Waals surface area contributed by atoms with Gasteiger partial charge in [0.05, 0.1) is 10.9 Å². The van der Waals surface area contributed by atoms with Crippen molar-refractivity contribution in [2.24, 2.45) is 0 Å². The molecule has 0 bridgehead atoms. The van der Waals surface area contributed by atoms with Crippen molar-refractivity contribution in [1.29, 1.82) is 0 Å². The van der Waals surface area contributed by atoms with E-state index >= 15 is 0 Å². The second kappa shape index (κ2) is 5.11. The maximum atomic E-state index is 10.6. The third-order valence-electron chi connectivity index (χ3n) is 3.87. The van der Waals surface area contributed by atoms with Gasteiger partial charge in [0, 0.05) is 17.5 Å². The van der Waals surface area contributed by atoms with Crippen molar-refractivity contribution in [3.8, 4) is 16.9 Å². The fourth-order valence-corrected chi connectivity index (χ4v) is 3.03. The van der Waals surface area contributed by atoms with Crippen LogP contribution in [0, 0.1) is 6.92 Å². The van der Waals surface area contributed by atoms with Crippen LogP contribution < -0.4 is 4.74 Å². The predicted molar refractivity (Wildman–Crippen MR) is 86.8 cm³/mol. The van der Waals surface area contributed by atoms with Crippen LogP contribution in [0.1, 0.15) is 31.2 Å². The van der Waals surface area contributed by atoms with Crippen molar-refractivity contribution >= 4 is 15.9 Å². The molecule has 110 valence electrons. The van der Waals surface area contributed by atoms with E-state index in [0.717, 1.165) is 28.1 Å². The van der Waals surface area contributed by atoms with Crippen LogP contribution >= 0.6 is 15.9 Å². The molecule has 2 heterocycles. The molecule has 1 aliphatic heterocycles. The van der Waals surface area contributed by atoms with Gasteiger partial charge in [0.25, 0.3) is 0 Å². The van der Waals surface area contributed by atoms with E-state index in [4.69, 9.17) is 4.74 Å². The number of alkyl halides is 1. The van der Waals surface area contributed by atoms with E-state index in [1.54, 1.807) is 6.20 Å². The lowest BCUT2D eigenvalue weighted by Gasteiger charge is -2.40. The Balaban J connectivity index is 2.07. The molecule has 3 rings (SSSR count). The molecule has 1 aromatic carbocycles. The van der Waals surface area contributed by atoms with Gasteiger partial charge in [0.15, 0.2) is 0 Å². The molecule has 21 heavy (non-hydrogen) atoms. The lowest BCUT2D eigenvalue weighted by Crippen LogP contribution is -2.45. The molecule has 1 N–H and O–H groups in total. The van der Waals surface area contributed by atoms with Gasteiger partial charge in [-0.1, -0.05) is 22.0 Å². The summed E-state index contributed by atoms with van der Waals surface area (Å²) in [5.74, 6) is 0.748. The zero-order valence-corrected chi connectivity index (χ0v) is 13.9. The summed E-state index contributed by atoms with van der Waals surface area (Å²) in [4.78, 5) is 4.07. The molecule has 2 aromatic rings. The van der Waals surface area contributed by atoms with E-state index in [9.17, 15) is 5.11 Å². The lowest BCUT2D eigenvalue weighted by molar-refractivity contribution is 0.0226. The SMILES string of the molecule is Cc1cc(-c2ccc3c(c2)[C@H](O)[C@@H](Br)C(C)(C)O3)ccn1. The van der Waals surface area contributed by atoms with E-state index in [0.29, 0.717) is 0 Å². The third kappa shape index (κ3) is 2.58. The highest BCUT2D eigenvalue weighted by atomic mass is 79.9. The molecule has 0 fully saturated rings. The Labute approximate surface area is 133 Å². The lowest BCUT2D eigenvalue weighted by atomic mass is 9.90. The third-order valence-corrected chi connectivity index (χ3v) is 5.48. The first-order valence-corrected chi connectivity index (χ1v) is 7.88. The second-order valence-electron chi connectivity index (χ2n) is 5.99. The minimum absolute atomic E-state index is 0.146. The van der Waals surface area contributed by atoms with Crippen LogP contribution in [0.4, 0.5) is 0 Å². The fourth-order valence-electron chi connectivity index (χ4n) is 2.65. The van der Waals surface area contributed by atoms with Gasteiger partial charge in [-0.2, -0.15) is 0 Å². The zero-order valence-electron chi connectivity index (χ0n) is 12.3. The van der Waals surface area contributed by atoms with Crippen LogP contribution in [0.2, 0.25) is 0 Å². The van der Waals surface area contributed by atoms with Gasteiger partial charge in [-0.05, 0) is 56.2 Å². The molecule has 0 spiro atoms. The fraction of sp³-hybridized carbons (Fsp3) is 0.353. The average Bonchev–Trinajstić information content (AvgIpc) is 2.44. The number of rotatable bonds is 1. The number of fused-ring (bicyclic) bond motifs is 1. The van der Waals surface area contributed by atoms with Crippen molar-refractivity contribution in [3.05, 3.63) is 47.8 Å². The van der Waals surface area contributed by atoms with Gasteiger partial charge in [-0.15, -0.1) is 0 Å². The summed E-state index contributed by atoms with van der Waals surface area (Å²) in [5.41, 5.74) is 3.50. The Hall–Kier alpha value is -1.39. The van der Waals surface area contributed by atoms with Gasteiger partial charge < -0.3 is 9.84 Å². The summed E-state index contributed by atoms with van der Waals surface area (Å²) < 4.78 is 6.00. The second-order valence-corrected chi connectivity index (χ2v) is 6.98. The minimum atomic E-state index is -0.591. The first kappa shape index (κ1) is 14.5. The molecule has 0 amide bonds. The number of hydrogen-bond acceptors (Lipinski definition) is 3. The average molecular weight is 348 g/mol. The van der Waals surface area contributed by atoms with Crippen molar-refractivity contribution < 1.29 is 9.84 Å². The molecule has 0 saturated carbocycles. The highest BCUT2D eigenvalue weighted by molar-refractivity contribution is 9.09. The Morgan fingerprint density at radius 2 is 1.90 bits per heavy atom. The number of pyridine rings is 1. The van der Waals surface area contributed by atoms with Crippen LogP contribution in [0.3, 0.4) is 0 Å². The van der Waals surface area contributed by atoms with Gasteiger partial charge in [-0.25, -0.2) is 0 Å². The molecule has 3 nitrogen and oxygen atoms in total. The van der Waals surface area contributed by atoms with Crippen molar-refractivity contribution in [2.75, 3.05) is 0 Å². The first-order chi connectivity index (χ1) is 9.88. The number of aliphatic hydroxyl groups is 1. The predicted octanol–water partition coefficient (Wildman–Crippen LogP) is 4.02. The number of halogens is 1. The Bertz CT molecular complexity index is 684. The van der Waals surface area contributed by atoms with E-state index in [1.807, 2.05) is 51.1 Å². The monoisotopic (exact) mass is 347 g/mol. The number of benzene rings is 1. The molecular weight excluding hydrogens is 330 g/mol. The number of aryl methyl sites for hydroxylation is 1. The van der Waals surface area contributed by atoms with E-state index < -0.39 is 11.7 Å². The molecule has 0 saturated heterocycles. The van der Waals surface area contributed by atoms with Gasteiger partial charge >= 0.3 is 0 Å². The van der Waals surface area contributed by atoms with Crippen molar-refractivity contribution in [3.63, 3.8) is 0 Å². The number of aliphatic hydroxyl groups excluding tert-OH is 1. The number of nitrogens with zero attached hydrogens (tertiary/aromatic N) is 1. The summed E-state index contributed by atoms with van der Waals surface area (Å²) in [6.45, 7) is 5.91. The molecular formula is C17H18BrNO2. The van der Waals surface area contributed by atoms with Crippen LogP contribution in [-0.2, 0) is 0 Å². The Morgan fingerprint density at radius 1 is 1.19 bits per heavy atom. The van der Waals surface area contributed by atoms with Crippen molar-refractivity contribution in [1.82, 2.24) is 4.98 Å². The highest BCUT2D eigenvalue weighted by Crippen LogP contribution is 2.44. The largest absolute Gasteiger partial charge is 0.486 e. The molecule has 4 heteroatoms. The highest BCUT2D eigenvalue weighted by Gasteiger charge is 2.41. The van der Waals surface area contributed by atoms with Crippen molar-refractivity contribution in [2.45, 2.75) is 37.3 Å². The van der Waals surface area contributed by atoms with Crippen LogP contribution in [0.25, 0.3) is 11.1 Å². The maximum Gasteiger partial charge on any atom is 0.126 e. The van der Waals surface area contributed by atoms with Crippen LogP contribution in [-0.4, -0.2) is 20.5 Å². The quantitative estimate of drug-likeness (QED) is 0.792. The van der Waals surface area contributed by atoms with E-state index in [-0.39, 0.29) is 4.83 Å². The Kier molecular flexibility index (Phi) is 3.54. The molecule has 1 aromatic heterocycles. The summed E-state index contributed by atoms with van der Waals surface area (Å²) in [6.07, 6.45) is 1.21. The van der Waals surface area contributed by atoms with Crippen LogP contribution in [0.15, 0.2) is 36.5 Å². The minimum Gasteiger partial charge on any atom is -0.486 e. The molecule has 0 radical (unpaired) electrons. The van der Waals surface area contributed by atoms with Gasteiger partial charge in [0.1, 0.15) is 11.4 Å². The summed E-state index contributed by atoms with van der Waals surface area (Å²) >= 11 is 3.55. The number of aromatic nitrogens is 1. The van der Waals surface area contributed by atoms with Crippen LogP contribution in [0.5, 0.6) is 5.75 Å². The smallest absolute Gasteiger partial charge is 0.126 e. The summed E-state index contributed by atoms with van der Waals surface area (Å²) in [6, 6.07) is 9.96. The van der Waals surface area contributed by atoms with E-state index in [2.05, 4.69) is 20.9 Å². The Morgan fingerprint density at radius 3 is 2.62 bits per heavy atom. The number of ether oxygens (including phenoxy) is 1. The number of hydrogen-bond donors (Lipinski definition) is 1. The molecule has 1 aliphatic rings. The van der Waals surface area contributed by atoms with Gasteiger partial charge in [-0.3, -0.25) is 4.98 Å². The first-order valence-electron chi connectivity index (χ1n) is 6.96. The van der Waals surface area contributed by atoms with E-state index in [1.165, 1.54) is 0 Å².